The number of hydrogen-bond donors (Lipinski definition) is 0. The van der Waals surface area contributed by atoms with E-state index in [4.69, 9.17) is 16.3 Å². The predicted molar refractivity (Wildman–Crippen MR) is 120 cm³/mol. The monoisotopic (exact) mass is 436 g/mol. The summed E-state index contributed by atoms with van der Waals surface area (Å²) >= 11 is 6.41. The summed E-state index contributed by atoms with van der Waals surface area (Å²) in [6, 6.07) is 18.3. The van der Waals surface area contributed by atoms with Crippen LogP contribution in [0.3, 0.4) is 0 Å². The average molecular weight is 437 g/mol. The third-order valence-electron chi connectivity index (χ3n) is 7.33. The van der Waals surface area contributed by atoms with Crippen LogP contribution in [0.1, 0.15) is 44.4 Å². The summed E-state index contributed by atoms with van der Waals surface area (Å²) in [5, 5.41) is 0.616. The highest BCUT2D eigenvalue weighted by molar-refractivity contribution is 6.30. The second-order valence-electron chi connectivity index (χ2n) is 9.44. The number of hydrogen-bond acceptors (Lipinski definition) is 1. The molecule has 0 atom stereocenters. The summed E-state index contributed by atoms with van der Waals surface area (Å²) in [5.74, 6) is 0.0646. The molecule has 2 aliphatic rings. The second-order valence-corrected chi connectivity index (χ2v) is 9.87. The molecule has 1 fully saturated rings. The van der Waals surface area contributed by atoms with Gasteiger partial charge < -0.3 is 4.74 Å². The lowest BCUT2D eigenvalue weighted by Crippen LogP contribution is -2.32. The van der Waals surface area contributed by atoms with E-state index in [0.717, 1.165) is 22.3 Å². The van der Waals surface area contributed by atoms with Crippen molar-refractivity contribution in [3.8, 4) is 5.75 Å². The van der Waals surface area contributed by atoms with E-state index in [1.54, 1.807) is 30.3 Å². The van der Waals surface area contributed by atoms with Crippen molar-refractivity contribution in [1.29, 1.82) is 0 Å². The lowest BCUT2D eigenvalue weighted by Gasteiger charge is -2.32. The molecule has 1 aliphatic heterocycles. The Balaban J connectivity index is 1.91. The fourth-order valence-electron chi connectivity index (χ4n) is 5.10. The molecule has 0 N–H and O–H groups in total. The maximum Gasteiger partial charge on any atom is 0.185 e. The number of ether oxygens (including phenoxy) is 1. The molecule has 1 nitrogen and oxygen atoms in total. The molecular weight excluding hydrogens is 414 g/mol. The van der Waals surface area contributed by atoms with Crippen molar-refractivity contribution in [2.75, 3.05) is 0 Å². The van der Waals surface area contributed by atoms with E-state index in [9.17, 15) is 8.78 Å². The van der Waals surface area contributed by atoms with E-state index in [1.807, 2.05) is 12.1 Å². The van der Waals surface area contributed by atoms with Crippen molar-refractivity contribution in [3.63, 3.8) is 0 Å². The Kier molecular flexibility index (Phi) is 4.20. The van der Waals surface area contributed by atoms with Crippen molar-refractivity contribution >= 4 is 17.2 Å². The Bertz CT molecular complexity index is 1160. The second kappa shape index (κ2) is 6.43. The Morgan fingerprint density at radius 1 is 0.710 bits per heavy atom. The molecular formula is C27H23ClF2O. The highest BCUT2D eigenvalue weighted by Crippen LogP contribution is 2.74. The zero-order chi connectivity index (χ0) is 22.2. The highest BCUT2D eigenvalue weighted by Gasteiger charge is 2.65. The molecule has 3 aromatic rings. The topological polar surface area (TPSA) is 9.23 Å². The molecule has 3 aromatic carbocycles. The van der Waals surface area contributed by atoms with Crippen molar-refractivity contribution in [3.05, 3.63) is 106 Å². The number of rotatable bonds is 2. The molecule has 31 heavy (non-hydrogen) atoms. The van der Waals surface area contributed by atoms with E-state index in [0.29, 0.717) is 10.8 Å². The first-order chi connectivity index (χ1) is 14.6. The quantitative estimate of drug-likeness (QED) is 0.398. The average Bonchev–Trinajstić information content (AvgIpc) is 2.97. The summed E-state index contributed by atoms with van der Waals surface area (Å²) in [4.78, 5) is 0. The third kappa shape index (κ3) is 2.72. The van der Waals surface area contributed by atoms with Gasteiger partial charge in [-0.3, -0.25) is 0 Å². The van der Waals surface area contributed by atoms with Crippen LogP contribution in [0.15, 0.2) is 72.3 Å². The molecule has 0 aromatic heterocycles. The van der Waals surface area contributed by atoms with E-state index in [-0.39, 0.29) is 22.5 Å². The number of fused-ring (bicyclic) bond motifs is 1. The van der Waals surface area contributed by atoms with Crippen LogP contribution in [-0.2, 0) is 5.60 Å². The summed E-state index contributed by atoms with van der Waals surface area (Å²) in [6.07, 6.45) is 0. The normalized spacial score (nSPS) is 19.7. The van der Waals surface area contributed by atoms with Gasteiger partial charge in [-0.05, 0) is 58.9 Å². The molecule has 5 rings (SSSR count). The first kappa shape index (κ1) is 20.3. The fourth-order valence-corrected chi connectivity index (χ4v) is 5.27. The molecule has 4 heteroatoms. The third-order valence-corrected chi connectivity index (χ3v) is 7.56. The van der Waals surface area contributed by atoms with Crippen LogP contribution in [0.25, 0.3) is 5.57 Å². The van der Waals surface area contributed by atoms with Crippen LogP contribution < -0.4 is 4.74 Å². The van der Waals surface area contributed by atoms with E-state index < -0.39 is 5.60 Å². The van der Waals surface area contributed by atoms with Crippen molar-refractivity contribution < 1.29 is 13.5 Å². The van der Waals surface area contributed by atoms with Crippen LogP contribution in [0.2, 0.25) is 5.02 Å². The standard InChI is InChI=1S/C27H23ClF2O/c1-25(2)24(26(25,3)4)23-21-15-18(28)9-14-22(21)31-27(23,16-5-10-19(29)11-6-16)17-7-12-20(30)13-8-17/h5-15H,1-4H3. The minimum Gasteiger partial charge on any atom is -0.472 e. The maximum absolute atomic E-state index is 13.9. The minimum atomic E-state index is -1.03. The Labute approximate surface area is 186 Å². The molecule has 0 spiro atoms. The van der Waals surface area contributed by atoms with Gasteiger partial charge in [-0.2, -0.15) is 0 Å². The smallest absolute Gasteiger partial charge is 0.185 e. The Morgan fingerprint density at radius 3 is 1.65 bits per heavy atom. The van der Waals surface area contributed by atoms with Gasteiger partial charge in [0, 0.05) is 27.3 Å². The SMILES string of the molecule is CC1(C)C(=C2c3cc(Cl)ccc3OC2(c2ccc(F)cc2)c2ccc(F)cc2)C1(C)C. The molecule has 0 radical (unpaired) electrons. The zero-order valence-electron chi connectivity index (χ0n) is 17.9. The van der Waals surface area contributed by atoms with Gasteiger partial charge in [0.1, 0.15) is 17.4 Å². The largest absolute Gasteiger partial charge is 0.472 e. The zero-order valence-corrected chi connectivity index (χ0v) is 18.6. The van der Waals surface area contributed by atoms with Gasteiger partial charge in [0.05, 0.1) is 0 Å². The molecule has 158 valence electrons. The predicted octanol–water partition coefficient (Wildman–Crippen LogP) is 7.77. The van der Waals surface area contributed by atoms with Crippen LogP contribution in [-0.4, -0.2) is 0 Å². The molecule has 0 bridgehead atoms. The van der Waals surface area contributed by atoms with Gasteiger partial charge in [-0.1, -0.05) is 63.6 Å². The number of allylic oxidation sites excluding steroid dienone is 1. The van der Waals surface area contributed by atoms with E-state index >= 15 is 0 Å². The molecule has 0 amide bonds. The van der Waals surface area contributed by atoms with Crippen LogP contribution in [0.4, 0.5) is 8.78 Å². The van der Waals surface area contributed by atoms with Gasteiger partial charge in [0.25, 0.3) is 0 Å². The van der Waals surface area contributed by atoms with Crippen LogP contribution in [0.5, 0.6) is 5.75 Å². The van der Waals surface area contributed by atoms with Gasteiger partial charge in [-0.15, -0.1) is 0 Å². The summed E-state index contributed by atoms with van der Waals surface area (Å²) in [6.45, 7) is 8.88. The van der Waals surface area contributed by atoms with Crippen LogP contribution in [0, 0.1) is 22.5 Å². The minimum absolute atomic E-state index is 0.0685. The molecule has 1 aliphatic carbocycles. The van der Waals surface area contributed by atoms with Gasteiger partial charge >= 0.3 is 0 Å². The summed E-state index contributed by atoms with van der Waals surface area (Å²) in [5.41, 5.74) is 3.60. The summed E-state index contributed by atoms with van der Waals surface area (Å²) < 4.78 is 34.5. The number of halogens is 3. The maximum atomic E-state index is 13.9. The summed E-state index contributed by atoms with van der Waals surface area (Å²) in [7, 11) is 0. The highest BCUT2D eigenvalue weighted by atomic mass is 35.5. The lowest BCUT2D eigenvalue weighted by atomic mass is 9.77. The first-order valence-corrected chi connectivity index (χ1v) is 10.7. The Morgan fingerprint density at radius 2 is 1.19 bits per heavy atom. The van der Waals surface area contributed by atoms with Gasteiger partial charge in [0.15, 0.2) is 5.60 Å². The van der Waals surface area contributed by atoms with Crippen molar-refractivity contribution in [1.82, 2.24) is 0 Å². The fraction of sp³-hybridized carbons (Fsp3) is 0.259. The molecule has 0 saturated heterocycles. The lowest BCUT2D eigenvalue weighted by molar-refractivity contribution is 0.191. The van der Waals surface area contributed by atoms with E-state index in [2.05, 4.69) is 27.7 Å². The number of benzene rings is 3. The Hall–Kier alpha value is -2.65. The van der Waals surface area contributed by atoms with E-state index in [1.165, 1.54) is 29.8 Å². The first-order valence-electron chi connectivity index (χ1n) is 10.4. The van der Waals surface area contributed by atoms with Crippen molar-refractivity contribution in [2.45, 2.75) is 33.3 Å². The molecule has 1 heterocycles. The van der Waals surface area contributed by atoms with Gasteiger partial charge in [0.2, 0.25) is 0 Å². The van der Waals surface area contributed by atoms with Crippen LogP contribution >= 0.6 is 11.6 Å². The van der Waals surface area contributed by atoms with Crippen molar-refractivity contribution in [2.24, 2.45) is 10.8 Å². The van der Waals surface area contributed by atoms with Gasteiger partial charge in [-0.25, -0.2) is 8.78 Å². The molecule has 1 saturated carbocycles. The molecule has 0 unspecified atom stereocenters.